The molecule has 190 valence electrons. The highest BCUT2D eigenvalue weighted by atomic mass is 32.2. The van der Waals surface area contributed by atoms with Crippen LogP contribution in [0.3, 0.4) is 0 Å². The van der Waals surface area contributed by atoms with Crippen LogP contribution in [0.5, 0.6) is 5.75 Å². The number of carboxylic acid groups (broad SMARTS) is 1. The third kappa shape index (κ3) is 10.4. The fourth-order valence-corrected chi connectivity index (χ4v) is 3.59. The van der Waals surface area contributed by atoms with Crippen molar-refractivity contribution in [2.45, 2.75) is 64.2 Å². The summed E-state index contributed by atoms with van der Waals surface area (Å²) < 4.78 is 0. The summed E-state index contributed by atoms with van der Waals surface area (Å²) in [7, 11) is 0. The van der Waals surface area contributed by atoms with E-state index in [2.05, 4.69) is 16.0 Å². The second-order valence-electron chi connectivity index (χ2n) is 8.58. The molecule has 4 unspecified atom stereocenters. The predicted molar refractivity (Wildman–Crippen MR) is 131 cm³/mol. The number of benzene rings is 1. The number of carbonyl (C=O) groups is 4. The molecule has 1 rings (SSSR count). The third-order valence-corrected chi connectivity index (χ3v) is 5.70. The lowest BCUT2D eigenvalue weighted by Gasteiger charge is -2.24. The number of aliphatic carboxylic acids is 1. The van der Waals surface area contributed by atoms with Gasteiger partial charge in [0.05, 0.1) is 6.04 Å². The molecule has 0 saturated carbocycles. The van der Waals surface area contributed by atoms with Gasteiger partial charge in [0.2, 0.25) is 17.7 Å². The van der Waals surface area contributed by atoms with Gasteiger partial charge in [0.25, 0.3) is 0 Å². The number of phenols is 1. The number of carboxylic acids is 1. The standard InChI is InChI=1S/C23H36N4O6S/c1-13(2)11-19(23(32)33)27-20(29)14(3)25-22(31)18(12-15-5-7-16(28)8-6-15)26-21(30)17(24)9-10-34-4/h5-8,13-14,17-19,28H,9-12,24H2,1-4H3,(H,25,31)(H,26,30)(H,27,29)(H,32,33). The van der Waals surface area contributed by atoms with Gasteiger partial charge >= 0.3 is 5.97 Å². The third-order valence-electron chi connectivity index (χ3n) is 5.05. The molecule has 34 heavy (non-hydrogen) atoms. The second-order valence-corrected chi connectivity index (χ2v) is 9.56. The summed E-state index contributed by atoms with van der Waals surface area (Å²) in [5.41, 5.74) is 6.60. The number of aromatic hydroxyl groups is 1. The van der Waals surface area contributed by atoms with E-state index in [-0.39, 0.29) is 24.5 Å². The molecule has 3 amide bonds. The topological polar surface area (TPSA) is 171 Å². The minimum absolute atomic E-state index is 0.0477. The minimum atomic E-state index is -1.16. The van der Waals surface area contributed by atoms with Crippen molar-refractivity contribution in [1.82, 2.24) is 16.0 Å². The van der Waals surface area contributed by atoms with Crippen LogP contribution in [0.15, 0.2) is 24.3 Å². The number of hydrogen-bond acceptors (Lipinski definition) is 7. The van der Waals surface area contributed by atoms with Crippen LogP contribution in [0.1, 0.15) is 39.2 Å². The number of carbonyl (C=O) groups excluding carboxylic acids is 3. The minimum Gasteiger partial charge on any atom is -0.508 e. The van der Waals surface area contributed by atoms with E-state index in [1.165, 1.54) is 19.1 Å². The summed E-state index contributed by atoms with van der Waals surface area (Å²) in [5.74, 6) is -2.11. The Morgan fingerprint density at radius 1 is 0.941 bits per heavy atom. The zero-order chi connectivity index (χ0) is 25.8. The molecule has 0 aliphatic rings. The van der Waals surface area contributed by atoms with Crippen molar-refractivity contribution < 1.29 is 29.4 Å². The first-order valence-corrected chi connectivity index (χ1v) is 12.5. The number of nitrogens with two attached hydrogens (primary N) is 1. The Balaban J connectivity index is 2.91. The lowest BCUT2D eigenvalue weighted by molar-refractivity contribution is -0.142. The lowest BCUT2D eigenvalue weighted by atomic mass is 10.0. The largest absolute Gasteiger partial charge is 0.508 e. The maximum atomic E-state index is 13.0. The predicted octanol–water partition coefficient (Wildman–Crippen LogP) is 0.620. The smallest absolute Gasteiger partial charge is 0.326 e. The zero-order valence-corrected chi connectivity index (χ0v) is 20.9. The van der Waals surface area contributed by atoms with Crippen LogP contribution in [0.25, 0.3) is 0 Å². The number of rotatable bonds is 14. The first-order chi connectivity index (χ1) is 15.9. The molecule has 0 aromatic heterocycles. The molecule has 10 nitrogen and oxygen atoms in total. The van der Waals surface area contributed by atoms with E-state index in [4.69, 9.17) is 5.73 Å². The number of hydrogen-bond donors (Lipinski definition) is 6. The Hall–Kier alpha value is -2.79. The lowest BCUT2D eigenvalue weighted by Crippen LogP contribution is -2.57. The van der Waals surface area contributed by atoms with Crippen molar-refractivity contribution in [2.24, 2.45) is 11.7 Å². The van der Waals surface area contributed by atoms with Crippen LogP contribution < -0.4 is 21.7 Å². The Kier molecular flexibility index (Phi) is 12.4. The van der Waals surface area contributed by atoms with Gasteiger partial charge in [-0.25, -0.2) is 4.79 Å². The fraction of sp³-hybridized carbons (Fsp3) is 0.565. The van der Waals surface area contributed by atoms with Crippen LogP contribution in [0.4, 0.5) is 0 Å². The molecule has 0 aliphatic heterocycles. The molecule has 1 aromatic carbocycles. The van der Waals surface area contributed by atoms with E-state index in [1.54, 1.807) is 23.9 Å². The van der Waals surface area contributed by atoms with Crippen molar-refractivity contribution in [2.75, 3.05) is 12.0 Å². The molecule has 0 saturated heterocycles. The average molecular weight is 497 g/mol. The van der Waals surface area contributed by atoms with Crippen LogP contribution in [0, 0.1) is 5.92 Å². The molecule has 0 heterocycles. The van der Waals surface area contributed by atoms with E-state index in [0.717, 1.165) is 0 Å². The maximum Gasteiger partial charge on any atom is 0.326 e. The molecule has 4 atom stereocenters. The molecule has 1 aromatic rings. The maximum absolute atomic E-state index is 13.0. The van der Waals surface area contributed by atoms with E-state index in [9.17, 15) is 29.4 Å². The normalized spacial score (nSPS) is 14.5. The molecule has 0 radical (unpaired) electrons. The van der Waals surface area contributed by atoms with Crippen molar-refractivity contribution >= 4 is 35.5 Å². The van der Waals surface area contributed by atoms with E-state index >= 15 is 0 Å². The molecule has 11 heteroatoms. The van der Waals surface area contributed by atoms with Gasteiger partial charge in [0, 0.05) is 6.42 Å². The van der Waals surface area contributed by atoms with E-state index in [1.807, 2.05) is 20.1 Å². The van der Waals surface area contributed by atoms with Gasteiger partial charge in [-0.15, -0.1) is 0 Å². The zero-order valence-electron chi connectivity index (χ0n) is 20.0. The van der Waals surface area contributed by atoms with Gasteiger partial charge < -0.3 is 31.9 Å². The van der Waals surface area contributed by atoms with Gasteiger partial charge in [-0.2, -0.15) is 11.8 Å². The second kappa shape index (κ2) is 14.5. The molecule has 7 N–H and O–H groups in total. The molecule has 0 bridgehead atoms. The van der Waals surface area contributed by atoms with Crippen LogP contribution in [-0.2, 0) is 25.6 Å². The summed E-state index contributed by atoms with van der Waals surface area (Å²) in [4.78, 5) is 49.5. The van der Waals surface area contributed by atoms with Gasteiger partial charge in [0.1, 0.15) is 23.9 Å². The Morgan fingerprint density at radius 3 is 2.06 bits per heavy atom. The summed E-state index contributed by atoms with van der Waals surface area (Å²) in [5, 5.41) is 26.5. The summed E-state index contributed by atoms with van der Waals surface area (Å²) in [6.07, 6.45) is 2.68. The Morgan fingerprint density at radius 2 is 1.53 bits per heavy atom. The van der Waals surface area contributed by atoms with Crippen LogP contribution >= 0.6 is 11.8 Å². The highest BCUT2D eigenvalue weighted by molar-refractivity contribution is 7.98. The van der Waals surface area contributed by atoms with Crippen LogP contribution in [-0.4, -0.2) is 70.1 Å². The molecular formula is C23H36N4O6S. The van der Waals surface area contributed by atoms with Crippen molar-refractivity contribution in [3.8, 4) is 5.75 Å². The highest BCUT2D eigenvalue weighted by Gasteiger charge is 2.28. The quantitative estimate of drug-likeness (QED) is 0.218. The monoisotopic (exact) mass is 496 g/mol. The number of amides is 3. The number of thioether (sulfide) groups is 1. The Labute approximate surface area is 204 Å². The molecule has 0 aliphatic carbocycles. The number of phenolic OH excluding ortho intramolecular Hbond substituents is 1. The van der Waals surface area contributed by atoms with E-state index < -0.39 is 47.9 Å². The summed E-state index contributed by atoms with van der Waals surface area (Å²) in [6.45, 7) is 5.12. The van der Waals surface area contributed by atoms with E-state index in [0.29, 0.717) is 17.7 Å². The number of nitrogens with one attached hydrogen (secondary N) is 3. The van der Waals surface area contributed by atoms with Gasteiger partial charge in [-0.3, -0.25) is 14.4 Å². The summed E-state index contributed by atoms with van der Waals surface area (Å²) >= 11 is 1.55. The van der Waals surface area contributed by atoms with Crippen LogP contribution in [0.2, 0.25) is 0 Å². The van der Waals surface area contributed by atoms with Gasteiger partial charge in [-0.1, -0.05) is 26.0 Å². The van der Waals surface area contributed by atoms with Gasteiger partial charge in [0.15, 0.2) is 0 Å². The molecule has 0 fully saturated rings. The highest BCUT2D eigenvalue weighted by Crippen LogP contribution is 2.12. The van der Waals surface area contributed by atoms with Gasteiger partial charge in [-0.05, 0) is 55.4 Å². The molecular weight excluding hydrogens is 460 g/mol. The fourth-order valence-electron chi connectivity index (χ4n) is 3.10. The van der Waals surface area contributed by atoms with Crippen molar-refractivity contribution in [3.63, 3.8) is 0 Å². The van der Waals surface area contributed by atoms with Crippen molar-refractivity contribution in [3.05, 3.63) is 29.8 Å². The average Bonchev–Trinajstić information content (AvgIpc) is 2.77. The first-order valence-electron chi connectivity index (χ1n) is 11.1. The Bertz CT molecular complexity index is 833. The molecule has 0 spiro atoms. The summed E-state index contributed by atoms with van der Waals surface area (Å²) in [6, 6.07) is 2.23. The SMILES string of the molecule is CSCCC(N)C(=O)NC(Cc1ccc(O)cc1)C(=O)NC(C)C(=O)NC(CC(C)C)C(=O)O. The van der Waals surface area contributed by atoms with Crippen molar-refractivity contribution in [1.29, 1.82) is 0 Å². The first kappa shape index (κ1) is 29.2.